The van der Waals surface area contributed by atoms with Crippen LogP contribution in [0.15, 0.2) is 59.4 Å². The van der Waals surface area contributed by atoms with Crippen molar-refractivity contribution < 1.29 is 4.79 Å². The molecule has 0 radical (unpaired) electrons. The third-order valence-electron chi connectivity index (χ3n) is 5.22. The van der Waals surface area contributed by atoms with Gasteiger partial charge in [-0.3, -0.25) is 14.2 Å². The van der Waals surface area contributed by atoms with Crippen LogP contribution < -0.4 is 5.56 Å². The summed E-state index contributed by atoms with van der Waals surface area (Å²) in [6.45, 7) is 1.05. The first-order valence-electron chi connectivity index (χ1n) is 9.40. The van der Waals surface area contributed by atoms with Gasteiger partial charge in [-0.05, 0) is 37.1 Å². The van der Waals surface area contributed by atoms with Gasteiger partial charge in [0.05, 0.1) is 28.3 Å². The molecule has 1 fully saturated rings. The molecule has 1 amide bonds. The Labute approximate surface area is 170 Å². The van der Waals surface area contributed by atoms with Crippen molar-refractivity contribution in [1.29, 1.82) is 0 Å². The Hall–Kier alpha value is -3.33. The highest BCUT2D eigenvalue weighted by Crippen LogP contribution is 2.24. The maximum Gasteiger partial charge on any atom is 0.266 e. The highest BCUT2D eigenvalue weighted by atomic mass is 32.1. The first-order chi connectivity index (χ1) is 14.2. The second-order valence-corrected chi connectivity index (χ2v) is 7.90. The fraction of sp³-hybridized carbons (Fsp3) is 0.250. The van der Waals surface area contributed by atoms with Crippen molar-refractivity contribution in [2.45, 2.75) is 25.4 Å². The molecular formula is C20H18N6O2S. The van der Waals surface area contributed by atoms with E-state index in [9.17, 15) is 9.59 Å². The van der Waals surface area contributed by atoms with Crippen LogP contribution in [0, 0.1) is 0 Å². The van der Waals surface area contributed by atoms with Crippen molar-refractivity contribution in [1.82, 2.24) is 29.2 Å². The van der Waals surface area contributed by atoms with E-state index in [2.05, 4.69) is 15.1 Å². The summed E-state index contributed by atoms with van der Waals surface area (Å²) in [5, 5.41) is 4.46. The molecule has 0 bridgehead atoms. The Morgan fingerprint density at radius 1 is 1.24 bits per heavy atom. The summed E-state index contributed by atoms with van der Waals surface area (Å²) >= 11 is 1.52. The molecule has 1 aliphatic heterocycles. The fourth-order valence-electron chi connectivity index (χ4n) is 3.75. The minimum atomic E-state index is -0.181. The van der Waals surface area contributed by atoms with Crippen LogP contribution in [0.4, 0.5) is 0 Å². The van der Waals surface area contributed by atoms with Gasteiger partial charge in [-0.1, -0.05) is 0 Å². The standard InChI is InChI=1S/C20H18N6O2S/c27-19-6-5-18(24-9-7-21-12-24)23-26(19)11-15-2-1-8-25(15)20(28)14-3-4-16-17(10-14)29-13-22-16/h3-7,9-10,12-13,15H,1-2,8,11H2. The summed E-state index contributed by atoms with van der Waals surface area (Å²) in [6, 6.07) is 8.70. The van der Waals surface area contributed by atoms with Gasteiger partial charge in [0.2, 0.25) is 0 Å². The van der Waals surface area contributed by atoms with E-state index in [1.165, 1.54) is 22.1 Å². The highest BCUT2D eigenvalue weighted by Gasteiger charge is 2.30. The quantitative estimate of drug-likeness (QED) is 0.519. The molecule has 0 aliphatic carbocycles. The number of hydrogen-bond donors (Lipinski definition) is 0. The maximum atomic E-state index is 13.1. The number of thiazole rings is 1. The topological polar surface area (TPSA) is 85.9 Å². The number of fused-ring (bicyclic) bond motifs is 1. The molecule has 146 valence electrons. The number of carbonyl (C=O) groups excluding carboxylic acids is 1. The molecule has 0 N–H and O–H groups in total. The molecule has 3 aromatic heterocycles. The molecular weight excluding hydrogens is 388 g/mol. The zero-order chi connectivity index (χ0) is 19.8. The van der Waals surface area contributed by atoms with Gasteiger partial charge in [0.15, 0.2) is 5.82 Å². The van der Waals surface area contributed by atoms with Gasteiger partial charge in [0.25, 0.3) is 11.5 Å². The Bertz CT molecular complexity index is 1230. The zero-order valence-corrected chi connectivity index (χ0v) is 16.3. The fourth-order valence-corrected chi connectivity index (χ4v) is 4.46. The number of carbonyl (C=O) groups is 1. The van der Waals surface area contributed by atoms with Crippen LogP contribution in [0.3, 0.4) is 0 Å². The smallest absolute Gasteiger partial charge is 0.266 e. The van der Waals surface area contributed by atoms with Crippen molar-refractivity contribution in [3.63, 3.8) is 0 Å². The third-order valence-corrected chi connectivity index (χ3v) is 6.01. The van der Waals surface area contributed by atoms with E-state index < -0.39 is 0 Å². The van der Waals surface area contributed by atoms with Crippen LogP contribution in [-0.4, -0.2) is 47.7 Å². The Kier molecular flexibility index (Phi) is 4.44. The van der Waals surface area contributed by atoms with E-state index in [1.807, 2.05) is 23.1 Å². The largest absolute Gasteiger partial charge is 0.334 e. The van der Waals surface area contributed by atoms with Gasteiger partial charge in [0.1, 0.15) is 6.33 Å². The molecule has 1 saturated heterocycles. The third kappa shape index (κ3) is 3.33. The molecule has 4 aromatic rings. The highest BCUT2D eigenvalue weighted by molar-refractivity contribution is 7.16. The number of imidazole rings is 1. The summed E-state index contributed by atoms with van der Waals surface area (Å²) in [5.74, 6) is 0.607. The number of hydrogen-bond acceptors (Lipinski definition) is 6. The molecule has 4 heterocycles. The van der Waals surface area contributed by atoms with Crippen molar-refractivity contribution >= 4 is 27.5 Å². The molecule has 9 heteroatoms. The summed E-state index contributed by atoms with van der Waals surface area (Å²) in [7, 11) is 0. The predicted octanol–water partition coefficient (Wildman–Crippen LogP) is 2.34. The first-order valence-corrected chi connectivity index (χ1v) is 10.3. The monoisotopic (exact) mass is 406 g/mol. The maximum absolute atomic E-state index is 13.1. The normalized spacial score (nSPS) is 16.6. The van der Waals surface area contributed by atoms with Gasteiger partial charge < -0.3 is 4.90 Å². The lowest BCUT2D eigenvalue weighted by Gasteiger charge is -2.25. The number of likely N-dealkylation sites (tertiary alicyclic amines) is 1. The molecule has 5 rings (SSSR count). The lowest BCUT2D eigenvalue weighted by atomic mass is 10.1. The van der Waals surface area contributed by atoms with E-state index in [0.29, 0.717) is 24.5 Å². The van der Waals surface area contributed by atoms with Gasteiger partial charge in [-0.25, -0.2) is 14.6 Å². The van der Waals surface area contributed by atoms with Crippen molar-refractivity contribution in [2.75, 3.05) is 6.54 Å². The molecule has 1 aromatic carbocycles. The second-order valence-electron chi connectivity index (χ2n) is 7.01. The Balaban J connectivity index is 1.40. The lowest BCUT2D eigenvalue weighted by Crippen LogP contribution is -2.40. The average Bonchev–Trinajstić information content (AvgIpc) is 3.50. The van der Waals surface area contributed by atoms with E-state index in [1.54, 1.807) is 34.9 Å². The summed E-state index contributed by atoms with van der Waals surface area (Å²) in [5.41, 5.74) is 3.15. The predicted molar refractivity (Wildman–Crippen MR) is 109 cm³/mol. The Morgan fingerprint density at radius 3 is 3.03 bits per heavy atom. The number of benzene rings is 1. The summed E-state index contributed by atoms with van der Waals surface area (Å²) in [4.78, 5) is 35.6. The van der Waals surface area contributed by atoms with Crippen molar-refractivity contribution in [2.24, 2.45) is 0 Å². The lowest BCUT2D eigenvalue weighted by molar-refractivity contribution is 0.0720. The van der Waals surface area contributed by atoms with Gasteiger partial charge >= 0.3 is 0 Å². The Morgan fingerprint density at radius 2 is 2.17 bits per heavy atom. The minimum absolute atomic E-state index is 0.0124. The van der Waals surface area contributed by atoms with Gasteiger partial charge in [0, 0.05) is 30.6 Å². The van der Waals surface area contributed by atoms with Crippen LogP contribution in [0.25, 0.3) is 16.0 Å². The first kappa shape index (κ1) is 17.7. The van der Waals surface area contributed by atoms with Crippen LogP contribution in [0.5, 0.6) is 0 Å². The molecule has 1 atom stereocenters. The van der Waals surface area contributed by atoms with Crippen molar-refractivity contribution in [3.05, 3.63) is 70.5 Å². The average molecular weight is 406 g/mol. The molecule has 8 nitrogen and oxygen atoms in total. The van der Waals surface area contributed by atoms with Crippen LogP contribution >= 0.6 is 11.3 Å². The van der Waals surface area contributed by atoms with Crippen molar-refractivity contribution in [3.8, 4) is 5.82 Å². The van der Waals surface area contributed by atoms with E-state index >= 15 is 0 Å². The second kappa shape index (κ2) is 7.25. The summed E-state index contributed by atoms with van der Waals surface area (Å²) < 4.78 is 4.19. The number of rotatable bonds is 4. The number of amides is 1. The summed E-state index contributed by atoms with van der Waals surface area (Å²) in [6.07, 6.45) is 6.83. The minimum Gasteiger partial charge on any atom is -0.334 e. The number of nitrogens with zero attached hydrogens (tertiary/aromatic N) is 6. The van der Waals surface area contributed by atoms with E-state index in [-0.39, 0.29) is 17.5 Å². The number of aromatic nitrogens is 5. The molecule has 1 unspecified atom stereocenters. The molecule has 1 aliphatic rings. The van der Waals surface area contributed by atoms with E-state index in [0.717, 1.165) is 23.1 Å². The van der Waals surface area contributed by atoms with E-state index in [4.69, 9.17) is 0 Å². The SMILES string of the molecule is O=C(c1ccc2ncsc2c1)N1CCCC1Cn1nc(-n2ccnc2)ccc1=O. The van der Waals surface area contributed by atoms with Crippen LogP contribution in [0.1, 0.15) is 23.2 Å². The molecule has 29 heavy (non-hydrogen) atoms. The van der Waals surface area contributed by atoms with Crippen LogP contribution in [0.2, 0.25) is 0 Å². The molecule has 0 spiro atoms. The zero-order valence-electron chi connectivity index (χ0n) is 15.5. The van der Waals surface area contributed by atoms with Gasteiger partial charge in [-0.15, -0.1) is 11.3 Å². The van der Waals surface area contributed by atoms with Crippen LogP contribution in [-0.2, 0) is 6.54 Å². The molecule has 0 saturated carbocycles. The van der Waals surface area contributed by atoms with Gasteiger partial charge in [-0.2, -0.15) is 5.10 Å².